The summed E-state index contributed by atoms with van der Waals surface area (Å²) in [7, 11) is 0. The Morgan fingerprint density at radius 3 is 2.83 bits per heavy atom. The topological polar surface area (TPSA) is 78.9 Å². The highest BCUT2D eigenvalue weighted by Gasteiger charge is 2.55. The van der Waals surface area contributed by atoms with E-state index in [1.54, 1.807) is 16.2 Å². The van der Waals surface area contributed by atoms with Gasteiger partial charge in [-0.3, -0.25) is 4.79 Å². The molecule has 0 radical (unpaired) electrons. The molecule has 18 heavy (non-hydrogen) atoms. The molecule has 0 unspecified atom stereocenters. The first kappa shape index (κ1) is 12.9. The first-order chi connectivity index (χ1) is 8.64. The summed E-state index contributed by atoms with van der Waals surface area (Å²) in [5.74, 6) is 0.00540. The van der Waals surface area contributed by atoms with Crippen molar-refractivity contribution in [2.75, 3.05) is 6.54 Å². The van der Waals surface area contributed by atoms with E-state index < -0.39 is 5.41 Å². The van der Waals surface area contributed by atoms with Crippen molar-refractivity contribution in [3.8, 4) is 0 Å². The van der Waals surface area contributed by atoms with Crippen LogP contribution in [0.1, 0.15) is 24.6 Å². The van der Waals surface area contributed by atoms with Crippen molar-refractivity contribution in [1.82, 2.24) is 4.90 Å². The van der Waals surface area contributed by atoms with Gasteiger partial charge in [0.05, 0.1) is 6.54 Å². The predicted octanol–water partition coefficient (Wildman–Crippen LogP) is 1.62. The average Bonchev–Trinajstić information content (AvgIpc) is 3.05. The zero-order valence-electron chi connectivity index (χ0n) is 10.3. The molecule has 0 bridgehead atoms. The number of nitrogens with two attached hydrogens (primary N) is 1. The second kappa shape index (κ2) is 4.97. The lowest BCUT2D eigenvalue weighted by molar-refractivity contribution is -0.135. The number of amides is 1. The van der Waals surface area contributed by atoms with Crippen molar-refractivity contribution < 1.29 is 10.0 Å². The molecule has 1 fully saturated rings. The van der Waals surface area contributed by atoms with Crippen LogP contribution in [0.2, 0.25) is 0 Å². The van der Waals surface area contributed by atoms with Gasteiger partial charge in [-0.2, -0.15) is 0 Å². The van der Waals surface area contributed by atoms with Crippen molar-refractivity contribution in [2.45, 2.75) is 26.3 Å². The molecule has 2 rings (SSSR count). The fourth-order valence-electron chi connectivity index (χ4n) is 2.02. The van der Waals surface area contributed by atoms with Gasteiger partial charge in [0.1, 0.15) is 5.41 Å². The summed E-state index contributed by atoms with van der Waals surface area (Å²) < 4.78 is 0. The Kier molecular flexibility index (Phi) is 3.56. The molecule has 0 saturated heterocycles. The maximum atomic E-state index is 12.4. The second-order valence-corrected chi connectivity index (χ2v) is 5.50. The summed E-state index contributed by atoms with van der Waals surface area (Å²) in [6, 6.07) is 3.97. The molecule has 1 amide bonds. The molecule has 1 aliphatic carbocycles. The minimum atomic E-state index is -0.748. The van der Waals surface area contributed by atoms with Gasteiger partial charge in [0, 0.05) is 11.4 Å². The molecule has 98 valence electrons. The molecule has 1 aliphatic rings. The van der Waals surface area contributed by atoms with Crippen molar-refractivity contribution in [1.29, 1.82) is 0 Å². The lowest BCUT2D eigenvalue weighted by Gasteiger charge is -2.25. The fourth-order valence-corrected chi connectivity index (χ4v) is 2.74. The van der Waals surface area contributed by atoms with Crippen LogP contribution in [0.25, 0.3) is 0 Å². The molecule has 1 aromatic rings. The summed E-state index contributed by atoms with van der Waals surface area (Å²) in [4.78, 5) is 15.3. The fraction of sp³-hybridized carbons (Fsp3) is 0.500. The van der Waals surface area contributed by atoms with Crippen LogP contribution in [-0.4, -0.2) is 28.4 Å². The molecule has 0 aliphatic heterocycles. The highest BCUT2D eigenvalue weighted by molar-refractivity contribution is 7.09. The summed E-state index contributed by atoms with van der Waals surface area (Å²) in [6.45, 7) is 3.15. The molecule has 5 nitrogen and oxygen atoms in total. The molecule has 0 spiro atoms. The lowest BCUT2D eigenvalue weighted by Crippen LogP contribution is -2.43. The molecule has 6 heteroatoms. The Labute approximate surface area is 110 Å². The van der Waals surface area contributed by atoms with Gasteiger partial charge in [0.2, 0.25) is 5.91 Å². The van der Waals surface area contributed by atoms with E-state index in [0.29, 0.717) is 25.9 Å². The quantitative estimate of drug-likeness (QED) is 0.368. The smallest absolute Gasteiger partial charge is 0.236 e. The van der Waals surface area contributed by atoms with Gasteiger partial charge in [-0.1, -0.05) is 11.2 Å². The Balaban J connectivity index is 2.11. The SMILES string of the molecule is CCN(Cc1cccs1)C(=O)C1(/C(N)=N/O)CC1. The molecule has 1 saturated carbocycles. The summed E-state index contributed by atoms with van der Waals surface area (Å²) in [6.07, 6.45) is 1.34. The molecular weight excluding hydrogens is 250 g/mol. The van der Waals surface area contributed by atoms with Crippen LogP contribution < -0.4 is 5.73 Å². The number of carbonyl (C=O) groups is 1. The monoisotopic (exact) mass is 267 g/mol. The number of thiophene rings is 1. The van der Waals surface area contributed by atoms with Crippen LogP contribution in [0.3, 0.4) is 0 Å². The average molecular weight is 267 g/mol. The molecule has 1 aromatic heterocycles. The van der Waals surface area contributed by atoms with E-state index in [-0.39, 0.29) is 11.7 Å². The van der Waals surface area contributed by atoms with Crippen LogP contribution in [0, 0.1) is 5.41 Å². The van der Waals surface area contributed by atoms with Gasteiger partial charge in [-0.25, -0.2) is 0 Å². The third-order valence-electron chi connectivity index (χ3n) is 3.35. The highest BCUT2D eigenvalue weighted by Crippen LogP contribution is 2.47. The predicted molar refractivity (Wildman–Crippen MR) is 70.5 cm³/mol. The lowest BCUT2D eigenvalue weighted by atomic mass is 10.0. The van der Waals surface area contributed by atoms with Crippen molar-refractivity contribution >= 4 is 23.1 Å². The molecular formula is C12H17N3O2S. The van der Waals surface area contributed by atoms with E-state index in [2.05, 4.69) is 5.16 Å². The molecule has 0 aromatic carbocycles. The number of nitrogens with zero attached hydrogens (tertiary/aromatic N) is 2. The minimum Gasteiger partial charge on any atom is -0.409 e. The van der Waals surface area contributed by atoms with Gasteiger partial charge >= 0.3 is 0 Å². The maximum Gasteiger partial charge on any atom is 0.236 e. The summed E-state index contributed by atoms with van der Waals surface area (Å²) in [5.41, 5.74) is 4.89. The minimum absolute atomic E-state index is 0.0336. The van der Waals surface area contributed by atoms with Gasteiger partial charge in [0.25, 0.3) is 0 Å². The Hall–Kier alpha value is -1.56. The standard InChI is InChI=1S/C12H17N3O2S/c1-2-15(8-9-4-3-7-18-9)11(16)12(5-6-12)10(13)14-17/h3-4,7,17H,2,5-6,8H2,1H3,(H2,13,14). The van der Waals surface area contributed by atoms with E-state index >= 15 is 0 Å². The van der Waals surface area contributed by atoms with E-state index in [0.717, 1.165) is 4.88 Å². The van der Waals surface area contributed by atoms with Crippen molar-refractivity contribution in [2.24, 2.45) is 16.3 Å². The Bertz CT molecular complexity index is 452. The summed E-state index contributed by atoms with van der Waals surface area (Å²) in [5, 5.41) is 13.8. The van der Waals surface area contributed by atoms with Crippen molar-refractivity contribution in [3.05, 3.63) is 22.4 Å². The zero-order chi connectivity index (χ0) is 13.2. The normalized spacial score (nSPS) is 17.5. The van der Waals surface area contributed by atoms with Gasteiger partial charge in [-0.05, 0) is 31.2 Å². The van der Waals surface area contributed by atoms with Crippen LogP contribution in [-0.2, 0) is 11.3 Å². The molecule has 3 N–H and O–H groups in total. The second-order valence-electron chi connectivity index (χ2n) is 4.47. The third-order valence-corrected chi connectivity index (χ3v) is 4.21. The van der Waals surface area contributed by atoms with E-state index in [4.69, 9.17) is 10.9 Å². The highest BCUT2D eigenvalue weighted by atomic mass is 32.1. The number of amidine groups is 1. The number of hydrogen-bond acceptors (Lipinski definition) is 4. The first-order valence-corrected chi connectivity index (χ1v) is 6.82. The Morgan fingerprint density at radius 1 is 1.67 bits per heavy atom. The third kappa shape index (κ3) is 2.20. The number of carbonyl (C=O) groups excluding carboxylic acids is 1. The molecule has 1 heterocycles. The van der Waals surface area contributed by atoms with Crippen LogP contribution in [0.4, 0.5) is 0 Å². The largest absolute Gasteiger partial charge is 0.409 e. The number of oxime groups is 1. The zero-order valence-corrected chi connectivity index (χ0v) is 11.1. The van der Waals surface area contributed by atoms with Crippen molar-refractivity contribution in [3.63, 3.8) is 0 Å². The maximum absolute atomic E-state index is 12.4. The van der Waals surface area contributed by atoms with E-state index in [1.807, 2.05) is 24.4 Å². The van der Waals surface area contributed by atoms with E-state index in [9.17, 15) is 4.79 Å². The van der Waals surface area contributed by atoms with Gasteiger partial charge in [-0.15, -0.1) is 11.3 Å². The van der Waals surface area contributed by atoms with Crippen LogP contribution in [0.5, 0.6) is 0 Å². The Morgan fingerprint density at radius 2 is 2.39 bits per heavy atom. The van der Waals surface area contributed by atoms with Crippen LogP contribution in [0.15, 0.2) is 22.7 Å². The summed E-state index contributed by atoms with van der Waals surface area (Å²) >= 11 is 1.62. The first-order valence-electron chi connectivity index (χ1n) is 5.94. The number of hydrogen-bond donors (Lipinski definition) is 2. The van der Waals surface area contributed by atoms with E-state index in [1.165, 1.54) is 0 Å². The van der Waals surface area contributed by atoms with Gasteiger partial charge < -0.3 is 15.8 Å². The van der Waals surface area contributed by atoms with Gasteiger partial charge in [0.15, 0.2) is 5.84 Å². The molecule has 0 atom stereocenters. The van der Waals surface area contributed by atoms with Crippen LogP contribution >= 0.6 is 11.3 Å². The number of rotatable bonds is 5.